The number of anilines is 2. The van der Waals surface area contributed by atoms with E-state index in [1.165, 1.54) is 5.69 Å². The van der Waals surface area contributed by atoms with E-state index in [-0.39, 0.29) is 5.92 Å². The second kappa shape index (κ2) is 8.45. The molecule has 29 heavy (non-hydrogen) atoms. The molecule has 2 aromatic rings. The van der Waals surface area contributed by atoms with Crippen LogP contribution in [0.1, 0.15) is 12.8 Å². The minimum Gasteiger partial charge on any atom is -0.386 e. The number of benzene rings is 1. The van der Waals surface area contributed by atoms with Crippen LogP contribution in [0.15, 0.2) is 29.5 Å². The molecule has 0 saturated carbocycles. The van der Waals surface area contributed by atoms with Gasteiger partial charge in [0.2, 0.25) is 0 Å². The highest BCUT2D eigenvalue weighted by atomic mass is 32.2. The maximum Gasteiger partial charge on any atom is 0.139 e. The molecule has 2 atom stereocenters. The van der Waals surface area contributed by atoms with Gasteiger partial charge in [0.25, 0.3) is 0 Å². The predicted molar refractivity (Wildman–Crippen MR) is 118 cm³/mol. The standard InChI is InChI=1S/C21H27N5O2S/c27-19(21-22-5-11-29-21)15-2-1-6-26(13-15)20-17-4-3-16(12-18(17)23-14-24-20)25-7-9-28-10-8-25/h3-4,12,14-15,19,27H,1-2,5-11,13H2/t15?,19-/m1/s1. The van der Waals surface area contributed by atoms with Crippen molar-refractivity contribution in [1.29, 1.82) is 0 Å². The number of nitrogens with zero attached hydrogens (tertiary/aromatic N) is 5. The highest BCUT2D eigenvalue weighted by Crippen LogP contribution is 2.32. The smallest absolute Gasteiger partial charge is 0.139 e. The zero-order valence-corrected chi connectivity index (χ0v) is 17.4. The predicted octanol–water partition coefficient (Wildman–Crippen LogP) is 2.19. The number of aliphatic hydroxyl groups is 1. The summed E-state index contributed by atoms with van der Waals surface area (Å²) in [6.45, 7) is 5.96. The Balaban J connectivity index is 1.39. The number of morpholine rings is 1. The molecule has 1 aromatic heterocycles. The van der Waals surface area contributed by atoms with Crippen LogP contribution in [0.5, 0.6) is 0 Å². The molecule has 1 aromatic carbocycles. The Morgan fingerprint density at radius 3 is 2.86 bits per heavy atom. The van der Waals surface area contributed by atoms with Gasteiger partial charge in [-0.25, -0.2) is 9.97 Å². The Hall–Kier alpha value is -1.90. The van der Waals surface area contributed by atoms with Crippen molar-refractivity contribution in [3.8, 4) is 0 Å². The van der Waals surface area contributed by atoms with Gasteiger partial charge in [-0.05, 0) is 31.0 Å². The fourth-order valence-electron chi connectivity index (χ4n) is 4.49. The van der Waals surface area contributed by atoms with E-state index in [0.29, 0.717) is 0 Å². The van der Waals surface area contributed by atoms with E-state index < -0.39 is 6.10 Å². The van der Waals surface area contributed by atoms with Gasteiger partial charge in [-0.2, -0.15) is 0 Å². The number of thioether (sulfide) groups is 1. The molecule has 2 saturated heterocycles. The molecule has 8 heteroatoms. The first-order chi connectivity index (χ1) is 14.3. The van der Waals surface area contributed by atoms with Crippen molar-refractivity contribution >= 4 is 39.2 Å². The van der Waals surface area contributed by atoms with E-state index in [2.05, 4.69) is 43.0 Å². The van der Waals surface area contributed by atoms with Crippen LogP contribution in [0.2, 0.25) is 0 Å². The summed E-state index contributed by atoms with van der Waals surface area (Å²) in [7, 11) is 0. The summed E-state index contributed by atoms with van der Waals surface area (Å²) in [6.07, 6.45) is 3.29. The Bertz CT molecular complexity index is 902. The van der Waals surface area contributed by atoms with Gasteiger partial charge < -0.3 is 19.6 Å². The summed E-state index contributed by atoms with van der Waals surface area (Å²) in [5.74, 6) is 2.16. The van der Waals surface area contributed by atoms with Crippen LogP contribution in [0.25, 0.3) is 10.9 Å². The monoisotopic (exact) mass is 413 g/mol. The number of aliphatic imine (C=N–C) groups is 1. The zero-order valence-electron chi connectivity index (χ0n) is 16.5. The molecule has 0 aliphatic carbocycles. The van der Waals surface area contributed by atoms with E-state index in [9.17, 15) is 5.11 Å². The summed E-state index contributed by atoms with van der Waals surface area (Å²) >= 11 is 1.70. The second-order valence-electron chi connectivity index (χ2n) is 7.86. The first-order valence-corrected chi connectivity index (χ1v) is 11.5. The maximum absolute atomic E-state index is 10.8. The minimum atomic E-state index is -0.452. The molecule has 154 valence electrons. The molecule has 2 fully saturated rings. The zero-order chi connectivity index (χ0) is 19.6. The molecule has 0 bridgehead atoms. The van der Waals surface area contributed by atoms with Crippen LogP contribution >= 0.6 is 11.8 Å². The summed E-state index contributed by atoms with van der Waals surface area (Å²) in [4.78, 5) is 18.3. The van der Waals surface area contributed by atoms with Crippen LogP contribution in [0.4, 0.5) is 11.5 Å². The second-order valence-corrected chi connectivity index (χ2v) is 8.97. The average molecular weight is 414 g/mol. The molecule has 4 heterocycles. The Kier molecular flexibility index (Phi) is 5.56. The lowest BCUT2D eigenvalue weighted by Crippen LogP contribution is -2.42. The van der Waals surface area contributed by atoms with E-state index in [4.69, 9.17) is 4.74 Å². The summed E-state index contributed by atoms with van der Waals surface area (Å²) in [5.41, 5.74) is 2.16. The number of aliphatic hydroxyl groups excluding tert-OH is 1. The number of aromatic nitrogens is 2. The van der Waals surface area contributed by atoms with Crippen LogP contribution in [0, 0.1) is 5.92 Å². The normalized spacial score (nSPS) is 24.0. The Labute approximate surface area is 175 Å². The van der Waals surface area contributed by atoms with E-state index in [1.807, 2.05) is 0 Å². The van der Waals surface area contributed by atoms with Gasteiger partial charge in [-0.1, -0.05) is 0 Å². The lowest BCUT2D eigenvalue weighted by molar-refractivity contribution is 0.122. The van der Waals surface area contributed by atoms with E-state index in [0.717, 1.165) is 86.3 Å². The van der Waals surface area contributed by atoms with Gasteiger partial charge in [0, 0.05) is 55.5 Å². The number of piperidine rings is 1. The lowest BCUT2D eigenvalue weighted by atomic mass is 9.92. The largest absolute Gasteiger partial charge is 0.386 e. The van der Waals surface area contributed by atoms with Crippen molar-refractivity contribution in [2.75, 3.05) is 61.5 Å². The maximum atomic E-state index is 10.8. The van der Waals surface area contributed by atoms with Crippen LogP contribution < -0.4 is 9.80 Å². The summed E-state index contributed by atoms with van der Waals surface area (Å²) < 4.78 is 5.47. The lowest BCUT2D eigenvalue weighted by Gasteiger charge is -2.36. The first kappa shape index (κ1) is 19.1. The number of fused-ring (bicyclic) bond motifs is 1. The average Bonchev–Trinajstić information content (AvgIpc) is 3.33. The summed E-state index contributed by atoms with van der Waals surface area (Å²) in [5, 5.41) is 12.8. The first-order valence-electron chi connectivity index (χ1n) is 10.5. The van der Waals surface area contributed by atoms with Crippen molar-refractivity contribution in [3.05, 3.63) is 24.5 Å². The van der Waals surface area contributed by atoms with Gasteiger partial charge in [-0.15, -0.1) is 11.8 Å². The van der Waals surface area contributed by atoms with Crippen molar-refractivity contribution in [1.82, 2.24) is 9.97 Å². The van der Waals surface area contributed by atoms with Gasteiger partial charge in [0.15, 0.2) is 0 Å². The molecule has 3 aliphatic heterocycles. The fourth-order valence-corrected chi connectivity index (χ4v) is 5.43. The molecular formula is C21H27N5O2S. The summed E-state index contributed by atoms with van der Waals surface area (Å²) in [6, 6.07) is 6.47. The SMILES string of the molecule is O[C@@H](C1=NCCS1)C1CCCN(c2ncnc3cc(N4CCOCC4)ccc23)C1. The third-order valence-electron chi connectivity index (χ3n) is 6.04. The van der Waals surface area contributed by atoms with Crippen molar-refractivity contribution in [2.24, 2.45) is 10.9 Å². The molecular weight excluding hydrogens is 386 g/mol. The third-order valence-corrected chi connectivity index (χ3v) is 7.09. The quantitative estimate of drug-likeness (QED) is 0.824. The minimum absolute atomic E-state index is 0.200. The van der Waals surface area contributed by atoms with Crippen LogP contribution in [0.3, 0.4) is 0 Å². The molecule has 0 amide bonds. The van der Waals surface area contributed by atoms with Crippen molar-refractivity contribution in [2.45, 2.75) is 18.9 Å². The van der Waals surface area contributed by atoms with Crippen molar-refractivity contribution < 1.29 is 9.84 Å². The van der Waals surface area contributed by atoms with Crippen LogP contribution in [-0.2, 0) is 4.74 Å². The molecule has 7 nitrogen and oxygen atoms in total. The topological polar surface area (TPSA) is 74.1 Å². The molecule has 5 rings (SSSR count). The highest BCUT2D eigenvalue weighted by Gasteiger charge is 2.31. The van der Waals surface area contributed by atoms with E-state index in [1.54, 1.807) is 18.1 Å². The Morgan fingerprint density at radius 2 is 2.03 bits per heavy atom. The number of rotatable bonds is 4. The molecule has 0 spiro atoms. The number of ether oxygens (including phenoxy) is 1. The highest BCUT2D eigenvalue weighted by molar-refractivity contribution is 8.14. The third kappa shape index (κ3) is 3.93. The van der Waals surface area contributed by atoms with Crippen LogP contribution in [-0.4, -0.2) is 77.9 Å². The fraction of sp³-hybridized carbons (Fsp3) is 0.571. The van der Waals surface area contributed by atoms with E-state index >= 15 is 0 Å². The number of hydrogen-bond donors (Lipinski definition) is 1. The van der Waals surface area contributed by atoms with Gasteiger partial charge >= 0.3 is 0 Å². The van der Waals surface area contributed by atoms with Gasteiger partial charge in [-0.3, -0.25) is 4.99 Å². The van der Waals surface area contributed by atoms with Gasteiger partial charge in [0.1, 0.15) is 18.2 Å². The van der Waals surface area contributed by atoms with Gasteiger partial charge in [0.05, 0.1) is 23.8 Å². The molecule has 0 radical (unpaired) electrons. The number of hydrogen-bond acceptors (Lipinski definition) is 8. The Morgan fingerprint density at radius 1 is 1.14 bits per heavy atom. The molecule has 1 unspecified atom stereocenters. The molecule has 3 aliphatic rings. The van der Waals surface area contributed by atoms with Crippen molar-refractivity contribution in [3.63, 3.8) is 0 Å². The molecule has 1 N–H and O–H groups in total.